The van der Waals surface area contributed by atoms with Gasteiger partial charge in [0.15, 0.2) is 6.29 Å². The molecule has 0 aliphatic heterocycles. The molecule has 2 aromatic heterocycles. The van der Waals surface area contributed by atoms with Gasteiger partial charge in [-0.1, -0.05) is 18.2 Å². The maximum Gasteiger partial charge on any atom is 0.150 e. The van der Waals surface area contributed by atoms with Crippen molar-refractivity contribution in [1.82, 2.24) is 9.97 Å². The minimum Gasteiger partial charge on any atom is -0.496 e. The average molecular weight is 414 g/mol. The van der Waals surface area contributed by atoms with Gasteiger partial charge in [-0.25, -0.2) is 4.98 Å². The molecule has 0 spiro atoms. The third-order valence-corrected chi connectivity index (χ3v) is 5.43. The fourth-order valence-corrected chi connectivity index (χ4v) is 3.78. The highest BCUT2D eigenvalue weighted by Crippen LogP contribution is 2.33. The van der Waals surface area contributed by atoms with E-state index in [1.165, 1.54) is 0 Å². The highest BCUT2D eigenvalue weighted by atomic mass is 32.1. The molecular weight excluding hydrogens is 394 g/mol. The first-order valence-electron chi connectivity index (χ1n) is 9.29. The van der Waals surface area contributed by atoms with Crippen LogP contribution >= 0.6 is 11.3 Å². The summed E-state index contributed by atoms with van der Waals surface area (Å²) in [4.78, 5) is 21.3. The van der Waals surface area contributed by atoms with Gasteiger partial charge in [0.1, 0.15) is 11.6 Å². The van der Waals surface area contributed by atoms with Gasteiger partial charge < -0.3 is 10.1 Å². The van der Waals surface area contributed by atoms with Crippen molar-refractivity contribution in [1.29, 1.82) is 0 Å². The smallest absolute Gasteiger partial charge is 0.150 e. The Morgan fingerprint density at radius 2 is 1.97 bits per heavy atom. The van der Waals surface area contributed by atoms with E-state index >= 15 is 0 Å². The van der Waals surface area contributed by atoms with E-state index in [0.29, 0.717) is 17.1 Å². The molecule has 0 bridgehead atoms. The Hall–Kier alpha value is -3.77. The van der Waals surface area contributed by atoms with Gasteiger partial charge in [0.05, 0.1) is 13.3 Å². The van der Waals surface area contributed by atoms with E-state index in [1.54, 1.807) is 37.0 Å². The molecule has 0 fully saturated rings. The third kappa shape index (κ3) is 4.45. The number of ether oxygens (including phenoxy) is 1. The van der Waals surface area contributed by atoms with Crippen molar-refractivity contribution in [3.8, 4) is 16.2 Å². The number of nitrogens with zero attached hydrogens (tertiary/aromatic N) is 2. The molecule has 4 aromatic rings. The fourth-order valence-electron chi connectivity index (χ4n) is 3.06. The minimum absolute atomic E-state index is 0.555. The van der Waals surface area contributed by atoms with Crippen molar-refractivity contribution in [2.45, 2.75) is 0 Å². The van der Waals surface area contributed by atoms with Gasteiger partial charge in [0, 0.05) is 34.1 Å². The molecule has 30 heavy (non-hydrogen) atoms. The molecule has 1 N–H and O–H groups in total. The number of aromatic nitrogens is 2. The number of hydrogen-bond donors (Lipinski definition) is 1. The van der Waals surface area contributed by atoms with Crippen LogP contribution in [0.1, 0.15) is 11.1 Å². The lowest BCUT2D eigenvalue weighted by molar-refractivity contribution is -0.103. The van der Waals surface area contributed by atoms with Crippen LogP contribution in [0.2, 0.25) is 0 Å². The van der Waals surface area contributed by atoms with Gasteiger partial charge in [0.25, 0.3) is 0 Å². The molecule has 0 atom stereocenters. The minimum atomic E-state index is 0.555. The monoisotopic (exact) mass is 413 g/mol. The Kier molecular flexibility index (Phi) is 5.96. The molecular formula is C24H19N3O2S. The molecule has 0 saturated heterocycles. The van der Waals surface area contributed by atoms with Crippen LogP contribution in [0.25, 0.3) is 22.1 Å². The Bertz CT molecular complexity index is 1160. The molecule has 6 heteroatoms. The predicted octanol–water partition coefficient (Wildman–Crippen LogP) is 5.70. The molecule has 4 rings (SSSR count). The molecule has 0 aliphatic carbocycles. The normalized spacial score (nSPS) is 11.2. The summed E-state index contributed by atoms with van der Waals surface area (Å²) in [5.74, 6) is 1.33. The number of hydrogen-bond acceptors (Lipinski definition) is 6. The number of anilines is 2. The number of nitrogens with one attached hydrogen (secondary N) is 1. The van der Waals surface area contributed by atoms with Crippen molar-refractivity contribution < 1.29 is 9.53 Å². The van der Waals surface area contributed by atoms with Crippen LogP contribution in [0.5, 0.6) is 5.75 Å². The van der Waals surface area contributed by atoms with E-state index in [4.69, 9.17) is 4.74 Å². The van der Waals surface area contributed by atoms with Crippen molar-refractivity contribution in [3.63, 3.8) is 0 Å². The second-order valence-corrected chi connectivity index (χ2v) is 7.40. The van der Waals surface area contributed by atoms with Crippen LogP contribution in [0.15, 0.2) is 78.6 Å². The van der Waals surface area contributed by atoms with E-state index in [-0.39, 0.29) is 0 Å². The number of benzene rings is 2. The Morgan fingerprint density at radius 1 is 1.10 bits per heavy atom. The third-order valence-electron chi connectivity index (χ3n) is 4.51. The maximum absolute atomic E-state index is 11.9. The summed E-state index contributed by atoms with van der Waals surface area (Å²) in [5, 5.41) is 5.22. The average Bonchev–Trinajstić information content (AvgIpc) is 3.34. The summed E-state index contributed by atoms with van der Waals surface area (Å²) in [6.07, 6.45) is 7.64. The fraction of sp³-hybridized carbons (Fsp3) is 0.0417. The first kappa shape index (κ1) is 19.5. The Balaban J connectivity index is 1.63. The van der Waals surface area contributed by atoms with E-state index in [9.17, 15) is 4.79 Å². The number of allylic oxidation sites excluding steroid dienone is 1. The lowest BCUT2D eigenvalue weighted by atomic mass is 9.99. The molecule has 0 aliphatic rings. The number of aldehydes is 1. The number of carbonyl (C=O) groups excluding carboxylic acids is 1. The van der Waals surface area contributed by atoms with Crippen LogP contribution in [0.3, 0.4) is 0 Å². The lowest BCUT2D eigenvalue weighted by Gasteiger charge is -2.11. The Morgan fingerprint density at radius 3 is 2.63 bits per heavy atom. The van der Waals surface area contributed by atoms with Crippen LogP contribution in [0, 0.1) is 0 Å². The van der Waals surface area contributed by atoms with Gasteiger partial charge in [-0.3, -0.25) is 9.78 Å². The van der Waals surface area contributed by atoms with Gasteiger partial charge in [0.2, 0.25) is 0 Å². The molecule has 0 amide bonds. The van der Waals surface area contributed by atoms with E-state index < -0.39 is 0 Å². The van der Waals surface area contributed by atoms with Crippen LogP contribution in [0.4, 0.5) is 11.5 Å². The molecule has 0 radical (unpaired) electrons. The Labute approximate surface area is 178 Å². The van der Waals surface area contributed by atoms with Crippen LogP contribution in [-0.2, 0) is 4.79 Å². The first-order valence-corrected chi connectivity index (χ1v) is 10.2. The van der Waals surface area contributed by atoms with E-state index in [1.807, 2.05) is 60.0 Å². The molecule has 5 nitrogen and oxygen atoms in total. The van der Waals surface area contributed by atoms with Gasteiger partial charge in [-0.2, -0.15) is 0 Å². The summed E-state index contributed by atoms with van der Waals surface area (Å²) >= 11 is 1.66. The highest BCUT2D eigenvalue weighted by Gasteiger charge is 2.11. The van der Waals surface area contributed by atoms with Crippen LogP contribution in [-0.4, -0.2) is 23.4 Å². The zero-order chi connectivity index (χ0) is 20.8. The number of carbonyl (C=O) groups is 1. The lowest BCUT2D eigenvalue weighted by Crippen LogP contribution is -1.95. The number of methoxy groups -OCH3 is 1. The molecule has 2 heterocycles. The standard InChI is InChI=1S/C24H19N3O2S/c1-29-22-9-6-18(23-3-2-12-30-23)14-21(22)19(16-28)13-17-4-7-20(8-5-17)27-24-15-25-10-11-26-24/h2-16H,1H3,(H,26,27)/b19-13-. The zero-order valence-corrected chi connectivity index (χ0v) is 17.1. The second kappa shape index (κ2) is 9.15. The largest absolute Gasteiger partial charge is 0.496 e. The molecule has 148 valence electrons. The summed E-state index contributed by atoms with van der Waals surface area (Å²) < 4.78 is 5.50. The molecule has 2 aromatic carbocycles. The summed E-state index contributed by atoms with van der Waals surface area (Å²) in [5.41, 5.74) is 4.17. The predicted molar refractivity (Wildman–Crippen MR) is 122 cm³/mol. The van der Waals surface area contributed by atoms with E-state index in [0.717, 1.165) is 33.5 Å². The SMILES string of the molecule is COc1ccc(-c2cccs2)cc1/C(C=O)=C\c1ccc(Nc2cnccn2)cc1. The van der Waals surface area contributed by atoms with Crippen LogP contribution < -0.4 is 10.1 Å². The summed E-state index contributed by atoms with van der Waals surface area (Å²) in [7, 11) is 1.61. The zero-order valence-electron chi connectivity index (χ0n) is 16.3. The van der Waals surface area contributed by atoms with Crippen molar-refractivity contribution in [2.24, 2.45) is 0 Å². The molecule has 0 unspecified atom stereocenters. The molecule has 0 saturated carbocycles. The number of rotatable bonds is 7. The first-order chi connectivity index (χ1) is 14.8. The quantitative estimate of drug-likeness (QED) is 0.239. The van der Waals surface area contributed by atoms with Gasteiger partial charge >= 0.3 is 0 Å². The topological polar surface area (TPSA) is 64.1 Å². The van der Waals surface area contributed by atoms with Gasteiger partial charge in [-0.05, 0) is 59.0 Å². The highest BCUT2D eigenvalue weighted by molar-refractivity contribution is 7.13. The van der Waals surface area contributed by atoms with Crippen molar-refractivity contribution in [2.75, 3.05) is 12.4 Å². The summed E-state index contributed by atoms with van der Waals surface area (Å²) in [6.45, 7) is 0. The number of thiophene rings is 1. The maximum atomic E-state index is 11.9. The van der Waals surface area contributed by atoms with Gasteiger partial charge in [-0.15, -0.1) is 11.3 Å². The van der Waals surface area contributed by atoms with Crippen molar-refractivity contribution >= 4 is 40.8 Å². The van der Waals surface area contributed by atoms with Crippen molar-refractivity contribution in [3.05, 3.63) is 89.7 Å². The second-order valence-electron chi connectivity index (χ2n) is 6.45. The van der Waals surface area contributed by atoms with E-state index in [2.05, 4.69) is 21.4 Å². The summed E-state index contributed by atoms with van der Waals surface area (Å²) in [6, 6.07) is 17.7.